The summed E-state index contributed by atoms with van der Waals surface area (Å²) in [6.45, 7) is 0. The minimum atomic E-state index is -1.15. The minimum absolute atomic E-state index is 0.0385. The number of carboxylic acids is 1. The van der Waals surface area contributed by atoms with Gasteiger partial charge >= 0.3 is 5.97 Å². The minimum Gasteiger partial charge on any atom is -0.497 e. The molecule has 1 fully saturated rings. The van der Waals surface area contributed by atoms with Crippen LogP contribution in [-0.2, 0) is 9.59 Å². The van der Waals surface area contributed by atoms with Gasteiger partial charge in [0, 0.05) is 12.5 Å². The highest BCUT2D eigenvalue weighted by atomic mass is 16.5. The molecule has 2 rings (SSSR count). The van der Waals surface area contributed by atoms with Gasteiger partial charge in [0.05, 0.1) is 18.4 Å². The SMILES string of the molecule is COc1ccc(C(=O)O)c(NC(=O)[C@@H]2CCC(=O)N2)c1. The lowest BCUT2D eigenvalue weighted by Crippen LogP contribution is -2.37. The molecule has 7 nitrogen and oxygen atoms in total. The van der Waals surface area contributed by atoms with E-state index in [1.165, 1.54) is 25.3 Å². The topological polar surface area (TPSA) is 105 Å². The molecule has 20 heavy (non-hydrogen) atoms. The second kappa shape index (κ2) is 5.60. The molecule has 106 valence electrons. The number of carboxylic acid groups (broad SMARTS) is 1. The molecule has 0 unspecified atom stereocenters. The summed E-state index contributed by atoms with van der Waals surface area (Å²) < 4.78 is 5.00. The third-order valence-electron chi connectivity index (χ3n) is 3.03. The van der Waals surface area contributed by atoms with Gasteiger partial charge in [-0.15, -0.1) is 0 Å². The third-order valence-corrected chi connectivity index (χ3v) is 3.03. The Morgan fingerprint density at radius 2 is 2.20 bits per heavy atom. The number of amides is 2. The normalized spacial score (nSPS) is 17.4. The van der Waals surface area contributed by atoms with Crippen molar-refractivity contribution in [2.24, 2.45) is 0 Å². The van der Waals surface area contributed by atoms with Crippen molar-refractivity contribution in [1.82, 2.24) is 5.32 Å². The molecule has 0 bridgehead atoms. The Labute approximate surface area is 114 Å². The predicted octanol–water partition coefficient (Wildman–Crippen LogP) is 0.610. The molecular formula is C13H14N2O5. The Kier molecular flexibility index (Phi) is 3.88. The molecule has 7 heteroatoms. The number of carbonyl (C=O) groups is 3. The lowest BCUT2D eigenvalue weighted by Gasteiger charge is -2.13. The highest BCUT2D eigenvalue weighted by molar-refractivity contribution is 6.04. The highest BCUT2D eigenvalue weighted by Gasteiger charge is 2.28. The zero-order valence-corrected chi connectivity index (χ0v) is 10.8. The smallest absolute Gasteiger partial charge is 0.337 e. The molecule has 0 aliphatic carbocycles. The van der Waals surface area contributed by atoms with E-state index in [0.29, 0.717) is 18.6 Å². The van der Waals surface area contributed by atoms with Crippen molar-refractivity contribution >= 4 is 23.5 Å². The van der Waals surface area contributed by atoms with Crippen LogP contribution < -0.4 is 15.4 Å². The summed E-state index contributed by atoms with van der Waals surface area (Å²) in [7, 11) is 1.44. The summed E-state index contributed by atoms with van der Waals surface area (Å²) >= 11 is 0. The fourth-order valence-electron chi connectivity index (χ4n) is 1.97. The Morgan fingerprint density at radius 3 is 2.75 bits per heavy atom. The van der Waals surface area contributed by atoms with Crippen LogP contribution in [0.3, 0.4) is 0 Å². The number of nitrogens with one attached hydrogen (secondary N) is 2. The molecule has 2 amide bonds. The first-order valence-electron chi connectivity index (χ1n) is 6.03. The van der Waals surface area contributed by atoms with Crippen molar-refractivity contribution in [3.63, 3.8) is 0 Å². The molecule has 0 saturated carbocycles. The molecule has 1 aromatic carbocycles. The van der Waals surface area contributed by atoms with Gasteiger partial charge < -0.3 is 20.5 Å². The van der Waals surface area contributed by atoms with Gasteiger partial charge in [-0.2, -0.15) is 0 Å². The summed E-state index contributed by atoms with van der Waals surface area (Å²) in [5.74, 6) is -1.35. The van der Waals surface area contributed by atoms with Gasteiger partial charge in [0.25, 0.3) is 0 Å². The average molecular weight is 278 g/mol. The molecule has 3 N–H and O–H groups in total. The number of carbonyl (C=O) groups excluding carboxylic acids is 2. The number of ether oxygens (including phenoxy) is 1. The van der Waals surface area contributed by atoms with Crippen molar-refractivity contribution < 1.29 is 24.2 Å². The van der Waals surface area contributed by atoms with Crippen LogP contribution in [0.1, 0.15) is 23.2 Å². The molecular weight excluding hydrogens is 264 g/mol. The number of hydrogen-bond donors (Lipinski definition) is 3. The molecule has 1 heterocycles. The summed E-state index contributed by atoms with van der Waals surface area (Å²) in [6.07, 6.45) is 0.693. The van der Waals surface area contributed by atoms with E-state index < -0.39 is 17.9 Å². The van der Waals surface area contributed by atoms with E-state index in [9.17, 15) is 14.4 Å². The van der Waals surface area contributed by atoms with Crippen molar-refractivity contribution in [2.75, 3.05) is 12.4 Å². The van der Waals surface area contributed by atoms with Gasteiger partial charge in [0.15, 0.2) is 0 Å². The molecule has 0 aromatic heterocycles. The fourth-order valence-corrected chi connectivity index (χ4v) is 1.97. The lowest BCUT2D eigenvalue weighted by molar-refractivity contribution is -0.122. The maximum atomic E-state index is 12.0. The zero-order chi connectivity index (χ0) is 14.7. The second-order valence-electron chi connectivity index (χ2n) is 4.36. The summed E-state index contributed by atoms with van der Waals surface area (Å²) in [5.41, 5.74) is 0.103. The van der Waals surface area contributed by atoms with Gasteiger partial charge in [-0.05, 0) is 18.6 Å². The molecule has 0 spiro atoms. The Morgan fingerprint density at radius 1 is 1.45 bits per heavy atom. The van der Waals surface area contributed by atoms with E-state index in [1.54, 1.807) is 0 Å². The van der Waals surface area contributed by atoms with E-state index in [1.807, 2.05) is 0 Å². The van der Waals surface area contributed by atoms with E-state index in [2.05, 4.69) is 10.6 Å². The summed E-state index contributed by atoms with van der Waals surface area (Å²) in [4.78, 5) is 34.2. The first kappa shape index (κ1) is 13.9. The van der Waals surface area contributed by atoms with Crippen LogP contribution in [-0.4, -0.2) is 36.0 Å². The number of anilines is 1. The van der Waals surface area contributed by atoms with Crippen molar-refractivity contribution in [1.29, 1.82) is 0 Å². The standard InChI is InChI=1S/C13H14N2O5/c1-20-7-2-3-8(13(18)19)10(6-7)15-12(17)9-4-5-11(16)14-9/h2-3,6,9H,4-5H2,1H3,(H,14,16)(H,15,17)(H,18,19)/t9-/m0/s1. The van der Waals surface area contributed by atoms with Crippen LogP contribution in [0, 0.1) is 0 Å². The van der Waals surface area contributed by atoms with Crippen molar-refractivity contribution in [2.45, 2.75) is 18.9 Å². The Bertz CT molecular complexity index is 570. The Hall–Kier alpha value is -2.57. The number of benzene rings is 1. The first-order valence-corrected chi connectivity index (χ1v) is 6.03. The third kappa shape index (κ3) is 2.87. The fraction of sp³-hybridized carbons (Fsp3) is 0.308. The molecule has 1 aromatic rings. The number of hydrogen-bond acceptors (Lipinski definition) is 4. The van der Waals surface area contributed by atoms with E-state index in [0.717, 1.165) is 0 Å². The van der Waals surface area contributed by atoms with Crippen molar-refractivity contribution in [3.8, 4) is 5.75 Å². The van der Waals surface area contributed by atoms with Crippen LogP contribution >= 0.6 is 0 Å². The van der Waals surface area contributed by atoms with Crippen molar-refractivity contribution in [3.05, 3.63) is 23.8 Å². The number of methoxy groups -OCH3 is 1. The van der Waals surface area contributed by atoms with E-state index >= 15 is 0 Å². The maximum Gasteiger partial charge on any atom is 0.337 e. The lowest BCUT2D eigenvalue weighted by atomic mass is 10.1. The van der Waals surface area contributed by atoms with Gasteiger partial charge in [0.1, 0.15) is 11.8 Å². The van der Waals surface area contributed by atoms with Crippen LogP contribution in [0.4, 0.5) is 5.69 Å². The quantitative estimate of drug-likeness (QED) is 0.748. The number of rotatable bonds is 4. The molecule has 1 aliphatic rings. The summed E-state index contributed by atoms with van der Waals surface area (Å²) in [5, 5.41) is 14.1. The van der Waals surface area contributed by atoms with Gasteiger partial charge in [-0.1, -0.05) is 0 Å². The van der Waals surface area contributed by atoms with Crippen LogP contribution in [0.2, 0.25) is 0 Å². The van der Waals surface area contributed by atoms with E-state index in [-0.39, 0.29) is 17.2 Å². The largest absolute Gasteiger partial charge is 0.497 e. The molecule has 0 radical (unpaired) electrons. The van der Waals surface area contributed by atoms with Gasteiger partial charge in [0.2, 0.25) is 11.8 Å². The van der Waals surface area contributed by atoms with Crippen LogP contribution in [0.5, 0.6) is 5.75 Å². The van der Waals surface area contributed by atoms with E-state index in [4.69, 9.17) is 9.84 Å². The molecule has 1 atom stereocenters. The highest BCUT2D eigenvalue weighted by Crippen LogP contribution is 2.23. The second-order valence-corrected chi connectivity index (χ2v) is 4.36. The monoisotopic (exact) mass is 278 g/mol. The van der Waals surface area contributed by atoms with Gasteiger partial charge in [-0.25, -0.2) is 4.79 Å². The van der Waals surface area contributed by atoms with Crippen LogP contribution in [0.25, 0.3) is 0 Å². The number of aromatic carboxylic acids is 1. The molecule has 1 saturated heterocycles. The van der Waals surface area contributed by atoms with Crippen LogP contribution in [0.15, 0.2) is 18.2 Å². The van der Waals surface area contributed by atoms with Gasteiger partial charge in [-0.3, -0.25) is 9.59 Å². The average Bonchev–Trinajstić information content (AvgIpc) is 2.85. The zero-order valence-electron chi connectivity index (χ0n) is 10.8. The maximum absolute atomic E-state index is 12.0. The summed E-state index contributed by atoms with van der Waals surface area (Å²) in [6, 6.07) is 3.65. The Balaban J connectivity index is 2.20. The molecule has 1 aliphatic heterocycles. The first-order chi connectivity index (χ1) is 9.51. The predicted molar refractivity (Wildman–Crippen MR) is 69.7 cm³/mol.